The molecule has 0 aliphatic heterocycles. The molecule has 1 atom stereocenters. The van der Waals surface area contributed by atoms with E-state index in [0.717, 1.165) is 36.2 Å². The third-order valence-corrected chi connectivity index (χ3v) is 5.56. The van der Waals surface area contributed by atoms with Crippen LogP contribution in [0.3, 0.4) is 0 Å². The van der Waals surface area contributed by atoms with Gasteiger partial charge in [0, 0.05) is 31.6 Å². The molecule has 0 saturated carbocycles. The van der Waals surface area contributed by atoms with Gasteiger partial charge in [0.1, 0.15) is 11.6 Å². The van der Waals surface area contributed by atoms with Crippen LogP contribution in [0.2, 0.25) is 0 Å². The van der Waals surface area contributed by atoms with Gasteiger partial charge in [-0.2, -0.15) is 5.26 Å². The Morgan fingerprint density at radius 1 is 1.35 bits per heavy atom. The summed E-state index contributed by atoms with van der Waals surface area (Å²) >= 11 is 0. The smallest absolute Gasteiger partial charge is 0.349 e. The topological polar surface area (TPSA) is 93.3 Å². The number of rotatable bonds is 10. The highest BCUT2D eigenvalue weighted by molar-refractivity contribution is 5.99. The van der Waals surface area contributed by atoms with Crippen LogP contribution in [0.1, 0.15) is 56.0 Å². The maximum atomic E-state index is 12.5. The summed E-state index contributed by atoms with van der Waals surface area (Å²) < 4.78 is 12.4. The molecule has 7 nitrogen and oxygen atoms in total. The van der Waals surface area contributed by atoms with Gasteiger partial charge >= 0.3 is 5.97 Å². The Bertz CT molecular complexity index is 889. The number of hydrogen-bond acceptors (Lipinski definition) is 5. The van der Waals surface area contributed by atoms with E-state index in [9.17, 15) is 14.9 Å². The third-order valence-electron chi connectivity index (χ3n) is 5.56. The number of nitriles is 1. The molecule has 0 bridgehead atoms. The molecule has 1 aliphatic rings. The van der Waals surface area contributed by atoms with Crippen molar-refractivity contribution in [3.8, 4) is 6.07 Å². The normalized spacial score (nSPS) is 15.1. The fourth-order valence-corrected chi connectivity index (χ4v) is 3.69. The van der Waals surface area contributed by atoms with Gasteiger partial charge in [-0.15, -0.1) is 0 Å². The standard InChI is InChI=1S/C24H33N3O4/c1-17-14-21(18(2)27(17)12-13-30-4)15-22(16-25)24(29)31-19(3)23(28)26-11-10-20-8-6-5-7-9-20/h8,14-15,19H,5-7,9-13H2,1-4H3,(H,26,28). The Hall–Kier alpha value is -2.85. The van der Waals surface area contributed by atoms with Crippen LogP contribution in [0.25, 0.3) is 6.08 Å². The van der Waals surface area contributed by atoms with Crippen molar-refractivity contribution in [1.29, 1.82) is 5.26 Å². The van der Waals surface area contributed by atoms with E-state index in [1.165, 1.54) is 31.4 Å². The lowest BCUT2D eigenvalue weighted by molar-refractivity contribution is -0.150. The minimum Gasteiger partial charge on any atom is -0.448 e. The van der Waals surface area contributed by atoms with Gasteiger partial charge in [0.05, 0.1) is 6.61 Å². The van der Waals surface area contributed by atoms with E-state index in [0.29, 0.717) is 19.7 Å². The summed E-state index contributed by atoms with van der Waals surface area (Å²) in [5.41, 5.74) is 3.93. The molecular formula is C24H33N3O4. The van der Waals surface area contributed by atoms with Gasteiger partial charge in [-0.3, -0.25) is 4.79 Å². The number of nitrogens with zero attached hydrogens (tertiary/aromatic N) is 2. The van der Waals surface area contributed by atoms with Crippen molar-refractivity contribution in [3.05, 3.63) is 40.2 Å². The first-order chi connectivity index (χ1) is 14.9. The molecule has 1 unspecified atom stereocenters. The van der Waals surface area contributed by atoms with Crippen LogP contribution in [0.4, 0.5) is 0 Å². The molecule has 1 aliphatic carbocycles. The first kappa shape index (κ1) is 24.4. The Balaban J connectivity index is 1.95. The molecule has 0 saturated heterocycles. The molecule has 0 radical (unpaired) electrons. The number of nitrogens with one attached hydrogen (secondary N) is 1. The molecule has 1 N–H and O–H groups in total. The molecule has 7 heteroatoms. The second-order valence-corrected chi connectivity index (χ2v) is 7.84. The number of methoxy groups -OCH3 is 1. The van der Waals surface area contributed by atoms with Crippen molar-refractivity contribution >= 4 is 18.0 Å². The van der Waals surface area contributed by atoms with Gasteiger partial charge < -0.3 is 19.4 Å². The second kappa shape index (κ2) is 12.1. The summed E-state index contributed by atoms with van der Waals surface area (Å²) in [6.07, 6.45) is 8.22. The first-order valence-electron chi connectivity index (χ1n) is 10.8. The quantitative estimate of drug-likeness (QED) is 0.267. The minimum absolute atomic E-state index is 0.140. The number of aryl methyl sites for hydroxylation is 1. The molecule has 0 aromatic carbocycles. The van der Waals surface area contributed by atoms with Crippen molar-refractivity contribution in [2.45, 2.75) is 65.5 Å². The van der Waals surface area contributed by atoms with E-state index in [2.05, 4.69) is 16.0 Å². The summed E-state index contributed by atoms with van der Waals surface area (Å²) in [5, 5.41) is 12.3. The van der Waals surface area contributed by atoms with E-state index in [1.54, 1.807) is 7.11 Å². The molecule has 2 rings (SSSR count). The van der Waals surface area contributed by atoms with Crippen LogP contribution in [-0.2, 0) is 25.6 Å². The summed E-state index contributed by atoms with van der Waals surface area (Å²) in [6, 6.07) is 3.80. The van der Waals surface area contributed by atoms with Gasteiger partial charge in [-0.25, -0.2) is 4.79 Å². The fourth-order valence-electron chi connectivity index (χ4n) is 3.69. The van der Waals surface area contributed by atoms with Crippen LogP contribution in [-0.4, -0.2) is 42.8 Å². The third kappa shape index (κ3) is 7.11. The zero-order valence-corrected chi connectivity index (χ0v) is 19.0. The van der Waals surface area contributed by atoms with Crippen molar-refractivity contribution in [1.82, 2.24) is 9.88 Å². The monoisotopic (exact) mass is 427 g/mol. The largest absolute Gasteiger partial charge is 0.448 e. The van der Waals surface area contributed by atoms with Gasteiger partial charge in [-0.05, 0) is 70.6 Å². The van der Waals surface area contributed by atoms with Crippen LogP contribution in [0.5, 0.6) is 0 Å². The maximum Gasteiger partial charge on any atom is 0.349 e. The zero-order valence-electron chi connectivity index (χ0n) is 19.0. The summed E-state index contributed by atoms with van der Waals surface area (Å²) in [7, 11) is 1.64. The van der Waals surface area contributed by atoms with E-state index >= 15 is 0 Å². The Morgan fingerprint density at radius 3 is 2.77 bits per heavy atom. The summed E-state index contributed by atoms with van der Waals surface area (Å²) in [6.45, 7) is 7.16. The number of esters is 1. The molecule has 0 spiro atoms. The van der Waals surface area contributed by atoms with Gasteiger partial charge in [-0.1, -0.05) is 11.6 Å². The molecule has 31 heavy (non-hydrogen) atoms. The van der Waals surface area contributed by atoms with Gasteiger partial charge in [0.2, 0.25) is 0 Å². The second-order valence-electron chi connectivity index (χ2n) is 7.84. The number of carbonyl (C=O) groups excluding carboxylic acids is 2. The van der Waals surface area contributed by atoms with Crippen LogP contribution >= 0.6 is 0 Å². The van der Waals surface area contributed by atoms with Crippen molar-refractivity contribution in [2.75, 3.05) is 20.3 Å². The Kier molecular flexibility index (Phi) is 9.54. The first-order valence-corrected chi connectivity index (χ1v) is 10.8. The van der Waals surface area contributed by atoms with E-state index in [-0.39, 0.29) is 11.5 Å². The number of amides is 1. The molecule has 1 aromatic heterocycles. The van der Waals surface area contributed by atoms with E-state index < -0.39 is 12.1 Å². The van der Waals surface area contributed by atoms with Crippen molar-refractivity contribution in [3.63, 3.8) is 0 Å². The average Bonchev–Trinajstić information content (AvgIpc) is 3.03. The molecule has 1 amide bonds. The van der Waals surface area contributed by atoms with E-state index in [4.69, 9.17) is 9.47 Å². The lowest BCUT2D eigenvalue weighted by Crippen LogP contribution is -2.36. The number of aromatic nitrogens is 1. The SMILES string of the molecule is COCCn1c(C)cc(C=C(C#N)C(=O)OC(C)C(=O)NCCC2=CCCCC2)c1C. The fraction of sp³-hybridized carbons (Fsp3) is 0.542. The summed E-state index contributed by atoms with van der Waals surface area (Å²) in [5.74, 6) is -1.17. The molecule has 168 valence electrons. The lowest BCUT2D eigenvalue weighted by Gasteiger charge is -2.15. The van der Waals surface area contributed by atoms with Crippen LogP contribution in [0, 0.1) is 25.2 Å². The molecule has 1 heterocycles. The minimum atomic E-state index is -0.973. The van der Waals surface area contributed by atoms with Crippen molar-refractivity contribution in [2.24, 2.45) is 0 Å². The van der Waals surface area contributed by atoms with Crippen LogP contribution < -0.4 is 5.32 Å². The number of hydrogen-bond donors (Lipinski definition) is 1. The van der Waals surface area contributed by atoms with Gasteiger partial charge in [0.25, 0.3) is 5.91 Å². The predicted molar refractivity (Wildman–Crippen MR) is 119 cm³/mol. The van der Waals surface area contributed by atoms with Crippen LogP contribution in [0.15, 0.2) is 23.3 Å². The molecular weight excluding hydrogens is 394 g/mol. The number of allylic oxidation sites excluding steroid dienone is 1. The Labute approximate surface area is 184 Å². The lowest BCUT2D eigenvalue weighted by atomic mass is 9.97. The molecule has 0 fully saturated rings. The summed E-state index contributed by atoms with van der Waals surface area (Å²) in [4.78, 5) is 24.7. The Morgan fingerprint density at radius 2 is 2.13 bits per heavy atom. The highest BCUT2D eigenvalue weighted by Gasteiger charge is 2.21. The highest BCUT2D eigenvalue weighted by Crippen LogP contribution is 2.20. The molecule has 1 aromatic rings. The zero-order chi connectivity index (χ0) is 22.8. The predicted octanol–water partition coefficient (Wildman–Crippen LogP) is 3.60. The average molecular weight is 428 g/mol. The number of ether oxygens (including phenoxy) is 2. The number of carbonyl (C=O) groups is 2. The van der Waals surface area contributed by atoms with Gasteiger partial charge in [0.15, 0.2) is 6.10 Å². The van der Waals surface area contributed by atoms with Crippen molar-refractivity contribution < 1.29 is 19.1 Å². The maximum absolute atomic E-state index is 12.5. The highest BCUT2D eigenvalue weighted by atomic mass is 16.5. The van der Waals surface area contributed by atoms with E-state index in [1.807, 2.05) is 26.0 Å².